The van der Waals surface area contributed by atoms with Crippen LogP contribution in [-0.4, -0.2) is 46.6 Å². The molecule has 0 bridgehead atoms. The minimum atomic E-state index is -0.828. The van der Waals surface area contributed by atoms with Crippen LogP contribution in [0.25, 0.3) is 0 Å². The molecule has 104 valence electrons. The highest BCUT2D eigenvalue weighted by molar-refractivity contribution is 5.80. The van der Waals surface area contributed by atoms with Crippen LogP contribution in [0.4, 0.5) is 0 Å². The lowest BCUT2D eigenvalue weighted by molar-refractivity contribution is -0.147. The van der Waals surface area contributed by atoms with Gasteiger partial charge in [0, 0.05) is 5.54 Å². The number of carboxylic acids is 1. The van der Waals surface area contributed by atoms with Gasteiger partial charge in [0.25, 0.3) is 0 Å². The number of amides is 1. The van der Waals surface area contributed by atoms with E-state index in [4.69, 9.17) is 0 Å². The third kappa shape index (κ3) is 4.29. The largest absolute Gasteiger partial charge is 0.480 e. The number of piperidine rings is 1. The highest BCUT2D eigenvalue weighted by Crippen LogP contribution is 2.23. The summed E-state index contributed by atoms with van der Waals surface area (Å²) in [6, 6.07) is -0.538. The highest BCUT2D eigenvalue weighted by atomic mass is 16.4. The Morgan fingerprint density at radius 1 is 1.39 bits per heavy atom. The molecule has 0 saturated carbocycles. The van der Waals surface area contributed by atoms with Crippen LogP contribution in [0.1, 0.15) is 40.5 Å². The first-order valence-electron chi connectivity index (χ1n) is 6.48. The van der Waals surface area contributed by atoms with Crippen molar-refractivity contribution in [3.63, 3.8) is 0 Å². The van der Waals surface area contributed by atoms with Crippen molar-refractivity contribution < 1.29 is 14.7 Å². The van der Waals surface area contributed by atoms with E-state index in [1.165, 1.54) is 0 Å². The standard InChI is InChI=1S/C13H24N2O3/c1-9-6-5-7-15(11(9)12(17)18)8-10(16)14-13(2,3)4/h9,11H,5-8H2,1-4H3,(H,14,16)(H,17,18). The fourth-order valence-corrected chi connectivity index (χ4v) is 2.49. The Morgan fingerprint density at radius 2 is 2.00 bits per heavy atom. The average molecular weight is 256 g/mol. The van der Waals surface area contributed by atoms with E-state index in [2.05, 4.69) is 5.32 Å². The van der Waals surface area contributed by atoms with Gasteiger partial charge in [0.2, 0.25) is 5.91 Å². The van der Waals surface area contributed by atoms with Crippen molar-refractivity contribution in [3.8, 4) is 0 Å². The summed E-state index contributed by atoms with van der Waals surface area (Å²) in [5.74, 6) is -0.840. The number of carboxylic acid groups (broad SMARTS) is 1. The summed E-state index contributed by atoms with van der Waals surface area (Å²) in [5.41, 5.74) is -0.281. The Kier molecular flexibility index (Phi) is 4.73. The molecule has 1 aliphatic heterocycles. The number of likely N-dealkylation sites (tertiary alicyclic amines) is 1. The predicted octanol–water partition coefficient (Wildman–Crippen LogP) is 1.09. The molecule has 1 fully saturated rings. The third-order valence-corrected chi connectivity index (χ3v) is 3.15. The van der Waals surface area contributed by atoms with E-state index in [1.54, 1.807) is 4.90 Å². The number of hydrogen-bond donors (Lipinski definition) is 2. The second-order valence-corrected chi connectivity index (χ2v) is 6.17. The lowest BCUT2D eigenvalue weighted by atomic mass is 9.91. The molecule has 2 N–H and O–H groups in total. The summed E-state index contributed by atoms with van der Waals surface area (Å²) in [4.78, 5) is 24.9. The lowest BCUT2D eigenvalue weighted by Gasteiger charge is -2.37. The Bertz CT molecular complexity index is 323. The predicted molar refractivity (Wildman–Crippen MR) is 69.3 cm³/mol. The van der Waals surface area contributed by atoms with Crippen molar-refractivity contribution in [2.75, 3.05) is 13.1 Å². The highest BCUT2D eigenvalue weighted by Gasteiger charge is 2.35. The van der Waals surface area contributed by atoms with Gasteiger partial charge in [-0.3, -0.25) is 14.5 Å². The quantitative estimate of drug-likeness (QED) is 0.793. The van der Waals surface area contributed by atoms with Gasteiger partial charge in [-0.1, -0.05) is 6.92 Å². The smallest absolute Gasteiger partial charge is 0.321 e. The summed E-state index contributed by atoms with van der Waals surface area (Å²) in [5, 5.41) is 12.1. The summed E-state index contributed by atoms with van der Waals surface area (Å²) in [6.45, 7) is 8.53. The van der Waals surface area contributed by atoms with Gasteiger partial charge in [-0.05, 0) is 46.1 Å². The molecule has 5 heteroatoms. The Balaban J connectivity index is 2.63. The second-order valence-electron chi connectivity index (χ2n) is 6.17. The number of nitrogens with one attached hydrogen (secondary N) is 1. The molecule has 0 radical (unpaired) electrons. The minimum absolute atomic E-state index is 0.0960. The topological polar surface area (TPSA) is 69.6 Å². The maximum Gasteiger partial charge on any atom is 0.321 e. The first kappa shape index (κ1) is 15.0. The number of aliphatic carboxylic acids is 1. The maximum absolute atomic E-state index is 11.9. The SMILES string of the molecule is CC1CCCN(CC(=O)NC(C)(C)C)C1C(=O)O. The molecule has 18 heavy (non-hydrogen) atoms. The van der Waals surface area contributed by atoms with Gasteiger partial charge in [-0.15, -0.1) is 0 Å². The van der Waals surface area contributed by atoms with Gasteiger partial charge in [0.05, 0.1) is 6.54 Å². The summed E-state index contributed by atoms with van der Waals surface area (Å²) >= 11 is 0. The molecule has 1 heterocycles. The van der Waals surface area contributed by atoms with Gasteiger partial charge in [0.15, 0.2) is 0 Å². The van der Waals surface area contributed by atoms with Gasteiger partial charge in [-0.2, -0.15) is 0 Å². The van der Waals surface area contributed by atoms with Crippen LogP contribution in [0.3, 0.4) is 0 Å². The fourth-order valence-electron chi connectivity index (χ4n) is 2.49. The molecular formula is C13H24N2O3. The van der Waals surface area contributed by atoms with Crippen molar-refractivity contribution in [1.29, 1.82) is 0 Å². The molecular weight excluding hydrogens is 232 g/mol. The van der Waals surface area contributed by atoms with Crippen molar-refractivity contribution in [2.24, 2.45) is 5.92 Å². The van der Waals surface area contributed by atoms with E-state index in [-0.39, 0.29) is 23.9 Å². The van der Waals surface area contributed by atoms with Crippen molar-refractivity contribution in [3.05, 3.63) is 0 Å². The van der Waals surface area contributed by atoms with Crippen molar-refractivity contribution >= 4 is 11.9 Å². The van der Waals surface area contributed by atoms with Crippen molar-refractivity contribution in [1.82, 2.24) is 10.2 Å². The molecule has 1 aliphatic rings. The average Bonchev–Trinajstić information content (AvgIpc) is 2.13. The summed E-state index contributed by atoms with van der Waals surface area (Å²) in [7, 11) is 0. The lowest BCUT2D eigenvalue weighted by Crippen LogP contribution is -2.54. The number of nitrogens with zero attached hydrogens (tertiary/aromatic N) is 1. The Hall–Kier alpha value is -1.10. The Morgan fingerprint density at radius 3 is 2.50 bits per heavy atom. The van der Waals surface area contributed by atoms with Crippen LogP contribution in [0.15, 0.2) is 0 Å². The van der Waals surface area contributed by atoms with E-state index < -0.39 is 12.0 Å². The van der Waals surface area contributed by atoms with Crippen LogP contribution < -0.4 is 5.32 Å². The van der Waals surface area contributed by atoms with Crippen LogP contribution in [0.2, 0.25) is 0 Å². The molecule has 2 unspecified atom stereocenters. The maximum atomic E-state index is 11.9. The zero-order valence-electron chi connectivity index (χ0n) is 11.7. The van der Waals surface area contributed by atoms with Crippen LogP contribution >= 0.6 is 0 Å². The van der Waals surface area contributed by atoms with E-state index in [0.29, 0.717) is 6.54 Å². The first-order valence-corrected chi connectivity index (χ1v) is 6.48. The molecule has 5 nitrogen and oxygen atoms in total. The van der Waals surface area contributed by atoms with E-state index in [9.17, 15) is 14.7 Å². The van der Waals surface area contributed by atoms with Gasteiger partial charge in [0.1, 0.15) is 6.04 Å². The van der Waals surface area contributed by atoms with Gasteiger partial charge in [-0.25, -0.2) is 0 Å². The van der Waals surface area contributed by atoms with E-state index >= 15 is 0 Å². The van der Waals surface area contributed by atoms with E-state index in [1.807, 2.05) is 27.7 Å². The molecule has 1 amide bonds. The number of carbonyl (C=O) groups is 2. The van der Waals surface area contributed by atoms with Gasteiger partial charge >= 0.3 is 5.97 Å². The molecule has 1 saturated heterocycles. The molecule has 0 spiro atoms. The van der Waals surface area contributed by atoms with Crippen molar-refractivity contribution in [2.45, 2.75) is 52.1 Å². The number of rotatable bonds is 3. The van der Waals surface area contributed by atoms with Crippen LogP contribution in [0.5, 0.6) is 0 Å². The fraction of sp³-hybridized carbons (Fsp3) is 0.846. The normalized spacial score (nSPS) is 25.8. The molecule has 0 aromatic heterocycles. The molecule has 0 aromatic rings. The zero-order chi connectivity index (χ0) is 13.9. The summed E-state index contributed by atoms with van der Waals surface area (Å²) in [6.07, 6.45) is 1.86. The second kappa shape index (κ2) is 5.69. The monoisotopic (exact) mass is 256 g/mol. The number of hydrogen-bond acceptors (Lipinski definition) is 3. The molecule has 1 rings (SSSR count). The Labute approximate surface area is 109 Å². The van der Waals surface area contributed by atoms with E-state index in [0.717, 1.165) is 12.8 Å². The van der Waals surface area contributed by atoms with Crippen LogP contribution in [-0.2, 0) is 9.59 Å². The zero-order valence-corrected chi connectivity index (χ0v) is 11.7. The van der Waals surface area contributed by atoms with Crippen LogP contribution in [0, 0.1) is 5.92 Å². The third-order valence-electron chi connectivity index (χ3n) is 3.15. The summed E-state index contributed by atoms with van der Waals surface area (Å²) < 4.78 is 0. The molecule has 2 atom stereocenters. The first-order chi connectivity index (χ1) is 8.20. The molecule has 0 aliphatic carbocycles. The van der Waals surface area contributed by atoms with Gasteiger partial charge < -0.3 is 10.4 Å². The minimum Gasteiger partial charge on any atom is -0.480 e. The molecule has 0 aromatic carbocycles. The number of carbonyl (C=O) groups excluding carboxylic acids is 1.